The van der Waals surface area contributed by atoms with E-state index in [0.717, 1.165) is 0 Å². The Morgan fingerprint density at radius 2 is 2.06 bits per heavy atom. The lowest BCUT2D eigenvalue weighted by Gasteiger charge is -2.31. The lowest BCUT2D eigenvalue weighted by atomic mass is 9.85. The highest BCUT2D eigenvalue weighted by atomic mass is 19.4. The van der Waals surface area contributed by atoms with Gasteiger partial charge in [0.1, 0.15) is 0 Å². The molecule has 0 bridgehead atoms. The highest BCUT2D eigenvalue weighted by Gasteiger charge is 2.42. The van der Waals surface area contributed by atoms with E-state index < -0.39 is 18.1 Å². The van der Waals surface area contributed by atoms with Crippen molar-refractivity contribution in [1.82, 2.24) is 5.32 Å². The topological polar surface area (TPSA) is 55.1 Å². The molecule has 0 aromatic carbocycles. The molecule has 0 heterocycles. The lowest BCUT2D eigenvalue weighted by molar-refractivity contribution is -0.184. The SMILES string of the molecule is C[C@H](N)C(=O)NC1CCCC(C(F)(F)F)C1. The monoisotopic (exact) mass is 238 g/mol. The molecule has 0 aliphatic heterocycles. The predicted octanol–water partition coefficient (Wildman–Crippen LogP) is 1.57. The predicted molar refractivity (Wildman–Crippen MR) is 53.6 cm³/mol. The van der Waals surface area contributed by atoms with Gasteiger partial charge in [-0.25, -0.2) is 0 Å². The molecule has 1 amide bonds. The van der Waals surface area contributed by atoms with Crippen molar-refractivity contribution in [3.8, 4) is 0 Å². The zero-order valence-corrected chi connectivity index (χ0v) is 9.18. The third-order valence-corrected chi connectivity index (χ3v) is 2.90. The molecule has 0 aromatic rings. The van der Waals surface area contributed by atoms with Crippen molar-refractivity contribution in [3.63, 3.8) is 0 Å². The summed E-state index contributed by atoms with van der Waals surface area (Å²) in [5.41, 5.74) is 5.34. The van der Waals surface area contributed by atoms with E-state index in [1.54, 1.807) is 0 Å². The van der Waals surface area contributed by atoms with Crippen LogP contribution in [0.25, 0.3) is 0 Å². The average Bonchev–Trinajstić information content (AvgIpc) is 2.16. The fraction of sp³-hybridized carbons (Fsp3) is 0.900. The Labute approximate surface area is 92.6 Å². The van der Waals surface area contributed by atoms with Crippen molar-refractivity contribution in [1.29, 1.82) is 0 Å². The van der Waals surface area contributed by atoms with E-state index in [0.29, 0.717) is 12.8 Å². The summed E-state index contributed by atoms with van der Waals surface area (Å²) in [6.45, 7) is 1.51. The summed E-state index contributed by atoms with van der Waals surface area (Å²) in [5, 5.41) is 2.56. The van der Waals surface area contributed by atoms with E-state index >= 15 is 0 Å². The van der Waals surface area contributed by atoms with Gasteiger partial charge in [-0.3, -0.25) is 4.79 Å². The molecule has 0 radical (unpaired) electrons. The Balaban J connectivity index is 2.48. The van der Waals surface area contributed by atoms with E-state index in [-0.39, 0.29) is 24.8 Å². The Hall–Kier alpha value is -0.780. The van der Waals surface area contributed by atoms with E-state index in [9.17, 15) is 18.0 Å². The van der Waals surface area contributed by atoms with Crippen LogP contribution in [0.15, 0.2) is 0 Å². The smallest absolute Gasteiger partial charge is 0.352 e. The van der Waals surface area contributed by atoms with Gasteiger partial charge in [-0.05, 0) is 26.2 Å². The van der Waals surface area contributed by atoms with Gasteiger partial charge in [0.15, 0.2) is 0 Å². The first-order valence-corrected chi connectivity index (χ1v) is 5.43. The highest BCUT2D eigenvalue weighted by molar-refractivity contribution is 5.81. The summed E-state index contributed by atoms with van der Waals surface area (Å²) < 4.78 is 37.4. The number of nitrogens with two attached hydrogens (primary N) is 1. The maximum atomic E-state index is 12.5. The number of halogens is 3. The van der Waals surface area contributed by atoms with Gasteiger partial charge in [0.2, 0.25) is 5.91 Å². The molecule has 0 spiro atoms. The Kier molecular flexibility index (Phi) is 4.18. The number of nitrogens with one attached hydrogen (secondary N) is 1. The molecule has 3 atom stereocenters. The molecule has 6 heteroatoms. The van der Waals surface area contributed by atoms with Crippen LogP contribution in [0.1, 0.15) is 32.6 Å². The zero-order chi connectivity index (χ0) is 12.3. The van der Waals surface area contributed by atoms with Gasteiger partial charge < -0.3 is 11.1 Å². The van der Waals surface area contributed by atoms with Gasteiger partial charge in [-0.1, -0.05) is 6.42 Å². The van der Waals surface area contributed by atoms with E-state index in [1.807, 2.05) is 0 Å². The van der Waals surface area contributed by atoms with Crippen LogP contribution in [0.2, 0.25) is 0 Å². The fourth-order valence-corrected chi connectivity index (χ4v) is 1.95. The van der Waals surface area contributed by atoms with Crippen molar-refractivity contribution in [2.45, 2.75) is 50.9 Å². The minimum Gasteiger partial charge on any atom is -0.352 e. The second kappa shape index (κ2) is 5.03. The second-order valence-corrected chi connectivity index (χ2v) is 4.40. The molecule has 94 valence electrons. The molecule has 3 N–H and O–H groups in total. The van der Waals surface area contributed by atoms with Gasteiger partial charge in [-0.2, -0.15) is 13.2 Å². The normalized spacial score (nSPS) is 28.6. The average molecular weight is 238 g/mol. The molecule has 0 aromatic heterocycles. The van der Waals surface area contributed by atoms with Crippen LogP contribution in [0, 0.1) is 5.92 Å². The Morgan fingerprint density at radius 3 is 2.56 bits per heavy atom. The lowest BCUT2D eigenvalue weighted by Crippen LogP contribution is -2.46. The third-order valence-electron chi connectivity index (χ3n) is 2.90. The largest absolute Gasteiger partial charge is 0.391 e. The molecule has 1 saturated carbocycles. The summed E-state index contributed by atoms with van der Waals surface area (Å²) in [7, 11) is 0. The number of carbonyl (C=O) groups excluding carboxylic acids is 1. The third kappa shape index (κ3) is 3.66. The summed E-state index contributed by atoms with van der Waals surface area (Å²) in [5.74, 6) is -1.67. The molecule has 1 aliphatic carbocycles. The minimum absolute atomic E-state index is 0.0258. The number of carbonyl (C=O) groups is 1. The van der Waals surface area contributed by atoms with Gasteiger partial charge >= 0.3 is 6.18 Å². The minimum atomic E-state index is -4.16. The summed E-state index contributed by atoms with van der Waals surface area (Å²) in [6, 6.07) is -1.06. The quantitative estimate of drug-likeness (QED) is 0.767. The van der Waals surface area contributed by atoms with Gasteiger partial charge in [0, 0.05) is 6.04 Å². The van der Waals surface area contributed by atoms with E-state index in [1.165, 1.54) is 6.92 Å². The van der Waals surface area contributed by atoms with Gasteiger partial charge in [0.25, 0.3) is 0 Å². The molecule has 1 aliphatic rings. The number of hydrogen-bond donors (Lipinski definition) is 2. The van der Waals surface area contributed by atoms with Crippen LogP contribution in [0.4, 0.5) is 13.2 Å². The van der Waals surface area contributed by atoms with Crippen LogP contribution in [0.3, 0.4) is 0 Å². The molecule has 0 saturated heterocycles. The number of rotatable bonds is 2. The molecule has 3 nitrogen and oxygen atoms in total. The molecule has 1 fully saturated rings. The van der Waals surface area contributed by atoms with Crippen molar-refractivity contribution in [3.05, 3.63) is 0 Å². The van der Waals surface area contributed by atoms with Gasteiger partial charge in [-0.15, -0.1) is 0 Å². The molecular formula is C10H17F3N2O. The summed E-state index contributed by atoms with van der Waals surface area (Å²) in [4.78, 5) is 11.3. The first-order valence-electron chi connectivity index (χ1n) is 5.43. The summed E-state index contributed by atoms with van der Waals surface area (Å²) >= 11 is 0. The van der Waals surface area contributed by atoms with Crippen LogP contribution in [-0.4, -0.2) is 24.2 Å². The van der Waals surface area contributed by atoms with Crippen molar-refractivity contribution in [2.24, 2.45) is 11.7 Å². The van der Waals surface area contributed by atoms with Crippen LogP contribution >= 0.6 is 0 Å². The standard InChI is InChI=1S/C10H17F3N2O/c1-6(14)9(16)15-8-4-2-3-7(5-8)10(11,12)13/h6-8H,2-5,14H2,1H3,(H,15,16)/t6-,7?,8?/m0/s1. The molecule has 1 rings (SSSR count). The van der Waals surface area contributed by atoms with Gasteiger partial charge in [0.05, 0.1) is 12.0 Å². The van der Waals surface area contributed by atoms with Crippen molar-refractivity contribution in [2.75, 3.05) is 0 Å². The highest BCUT2D eigenvalue weighted by Crippen LogP contribution is 2.37. The van der Waals surface area contributed by atoms with E-state index in [2.05, 4.69) is 5.32 Å². The molecule has 16 heavy (non-hydrogen) atoms. The number of hydrogen-bond acceptors (Lipinski definition) is 2. The van der Waals surface area contributed by atoms with Crippen molar-refractivity contribution >= 4 is 5.91 Å². The first kappa shape index (κ1) is 13.3. The first-order chi connectivity index (χ1) is 7.30. The number of amides is 1. The Morgan fingerprint density at radius 1 is 1.44 bits per heavy atom. The summed E-state index contributed by atoms with van der Waals surface area (Å²) in [6.07, 6.45) is -2.92. The van der Waals surface area contributed by atoms with Crippen LogP contribution in [-0.2, 0) is 4.79 Å². The van der Waals surface area contributed by atoms with E-state index in [4.69, 9.17) is 5.73 Å². The number of alkyl halides is 3. The maximum Gasteiger partial charge on any atom is 0.391 e. The maximum absolute atomic E-state index is 12.5. The van der Waals surface area contributed by atoms with Crippen LogP contribution in [0.5, 0.6) is 0 Å². The van der Waals surface area contributed by atoms with Crippen molar-refractivity contribution < 1.29 is 18.0 Å². The fourth-order valence-electron chi connectivity index (χ4n) is 1.95. The molecule has 2 unspecified atom stereocenters. The zero-order valence-electron chi connectivity index (χ0n) is 9.18. The van der Waals surface area contributed by atoms with Crippen LogP contribution < -0.4 is 11.1 Å². The second-order valence-electron chi connectivity index (χ2n) is 4.40. The molecular weight excluding hydrogens is 221 g/mol. The Bertz CT molecular complexity index is 253.